The van der Waals surface area contributed by atoms with E-state index in [1.54, 1.807) is 54.7 Å². The standard InChI is InChI=1S/C32H30Cl3N5O2/c33-26-5-1-4-24(17-26)32(42)38-29-18-25(31(41)37-12-10-23-6-8-27(34)19-28(23)35)7-9-30(29)40-15-13-39(14-16-40)21-22-3-2-11-36-20-22/h1-9,11,17-20H,10,12-16,21H2,(H,37,41)(H,38,42). The highest BCUT2D eigenvalue weighted by molar-refractivity contribution is 6.35. The fraction of sp³-hybridized carbons (Fsp3) is 0.219. The summed E-state index contributed by atoms with van der Waals surface area (Å²) in [6, 6.07) is 21.5. The van der Waals surface area contributed by atoms with E-state index in [1.165, 1.54) is 5.56 Å². The monoisotopic (exact) mass is 621 g/mol. The molecule has 216 valence electrons. The number of halogens is 3. The van der Waals surface area contributed by atoms with Crippen molar-refractivity contribution in [2.75, 3.05) is 42.9 Å². The SMILES string of the molecule is O=C(NCCc1ccc(Cl)cc1Cl)c1ccc(N2CCN(Cc3cccnc3)CC2)c(NC(=O)c2cccc(Cl)c2)c1. The topological polar surface area (TPSA) is 77.6 Å². The van der Waals surface area contributed by atoms with Crippen LogP contribution in [0.3, 0.4) is 0 Å². The summed E-state index contributed by atoms with van der Waals surface area (Å²) < 4.78 is 0. The number of rotatable bonds is 9. The molecule has 0 spiro atoms. The minimum Gasteiger partial charge on any atom is -0.367 e. The minimum atomic E-state index is -0.302. The first kappa shape index (κ1) is 29.9. The number of hydrogen-bond donors (Lipinski definition) is 2. The average Bonchev–Trinajstić information content (AvgIpc) is 2.99. The molecule has 1 fully saturated rings. The summed E-state index contributed by atoms with van der Waals surface area (Å²) in [5.41, 5.74) is 4.37. The second-order valence-corrected chi connectivity index (χ2v) is 11.3. The van der Waals surface area contributed by atoms with E-state index in [2.05, 4.69) is 31.5 Å². The highest BCUT2D eigenvalue weighted by Gasteiger charge is 2.22. The molecule has 2 heterocycles. The zero-order valence-corrected chi connectivity index (χ0v) is 25.1. The van der Waals surface area contributed by atoms with E-state index < -0.39 is 0 Å². The molecule has 5 rings (SSSR count). The molecular weight excluding hydrogens is 593 g/mol. The van der Waals surface area contributed by atoms with Gasteiger partial charge in [0, 0.05) is 77.9 Å². The zero-order chi connectivity index (χ0) is 29.5. The fourth-order valence-corrected chi connectivity index (χ4v) is 5.60. The maximum Gasteiger partial charge on any atom is 0.255 e. The Morgan fingerprint density at radius 3 is 2.33 bits per heavy atom. The Kier molecular flexibility index (Phi) is 9.97. The van der Waals surface area contributed by atoms with Crippen LogP contribution in [0.25, 0.3) is 0 Å². The summed E-state index contributed by atoms with van der Waals surface area (Å²) in [5.74, 6) is -0.546. The van der Waals surface area contributed by atoms with Crippen molar-refractivity contribution in [3.8, 4) is 0 Å². The van der Waals surface area contributed by atoms with Gasteiger partial charge in [-0.05, 0) is 72.1 Å². The average molecular weight is 623 g/mol. The number of aromatic nitrogens is 1. The van der Waals surface area contributed by atoms with Gasteiger partial charge in [-0.15, -0.1) is 0 Å². The van der Waals surface area contributed by atoms with Crippen LogP contribution in [0.2, 0.25) is 15.1 Å². The van der Waals surface area contributed by atoms with Gasteiger partial charge in [-0.3, -0.25) is 19.5 Å². The molecule has 0 unspecified atom stereocenters. The Labute approximate surface area is 260 Å². The van der Waals surface area contributed by atoms with E-state index in [0.29, 0.717) is 44.8 Å². The van der Waals surface area contributed by atoms with Gasteiger partial charge in [0.25, 0.3) is 11.8 Å². The van der Waals surface area contributed by atoms with Crippen molar-refractivity contribution in [1.29, 1.82) is 0 Å². The lowest BCUT2D eigenvalue weighted by molar-refractivity contribution is 0.0952. The first-order chi connectivity index (χ1) is 20.4. The van der Waals surface area contributed by atoms with Gasteiger partial charge in [-0.25, -0.2) is 0 Å². The summed E-state index contributed by atoms with van der Waals surface area (Å²) in [6.07, 6.45) is 4.23. The largest absolute Gasteiger partial charge is 0.367 e. The second kappa shape index (κ2) is 14.0. The highest BCUT2D eigenvalue weighted by atomic mass is 35.5. The number of benzene rings is 3. The van der Waals surface area contributed by atoms with Gasteiger partial charge in [0.1, 0.15) is 0 Å². The molecule has 1 aliphatic heterocycles. The Bertz CT molecular complexity index is 1560. The lowest BCUT2D eigenvalue weighted by Crippen LogP contribution is -2.46. The van der Waals surface area contributed by atoms with Gasteiger partial charge >= 0.3 is 0 Å². The molecule has 1 aliphatic rings. The Morgan fingerprint density at radius 2 is 1.60 bits per heavy atom. The van der Waals surface area contributed by atoms with Crippen LogP contribution < -0.4 is 15.5 Å². The fourth-order valence-electron chi connectivity index (χ4n) is 4.91. The Balaban J connectivity index is 1.30. The molecule has 2 N–H and O–H groups in total. The minimum absolute atomic E-state index is 0.244. The van der Waals surface area contributed by atoms with Gasteiger partial charge in [0.2, 0.25) is 0 Å². The van der Waals surface area contributed by atoms with E-state index in [-0.39, 0.29) is 11.8 Å². The first-order valence-electron chi connectivity index (χ1n) is 13.6. The van der Waals surface area contributed by atoms with Gasteiger partial charge in [0.05, 0.1) is 11.4 Å². The van der Waals surface area contributed by atoms with Crippen LogP contribution in [0.5, 0.6) is 0 Å². The second-order valence-electron chi connectivity index (χ2n) is 10.1. The van der Waals surface area contributed by atoms with Crippen LogP contribution in [0.15, 0.2) is 85.2 Å². The third-order valence-corrected chi connectivity index (χ3v) is 7.95. The maximum absolute atomic E-state index is 13.2. The molecule has 0 saturated carbocycles. The number of amides is 2. The molecule has 42 heavy (non-hydrogen) atoms. The van der Waals surface area contributed by atoms with Gasteiger partial charge in [0.15, 0.2) is 0 Å². The molecule has 7 nitrogen and oxygen atoms in total. The summed E-state index contributed by atoms with van der Waals surface area (Å²) >= 11 is 18.4. The smallest absolute Gasteiger partial charge is 0.255 e. The number of carbonyl (C=O) groups is 2. The third-order valence-electron chi connectivity index (χ3n) is 7.13. The highest BCUT2D eigenvalue weighted by Crippen LogP contribution is 2.30. The molecule has 0 atom stereocenters. The molecule has 10 heteroatoms. The van der Waals surface area contributed by atoms with Crippen molar-refractivity contribution >= 4 is 58.0 Å². The van der Waals surface area contributed by atoms with Crippen LogP contribution in [-0.4, -0.2) is 54.4 Å². The van der Waals surface area contributed by atoms with Gasteiger partial charge in [-0.1, -0.05) is 53.0 Å². The van der Waals surface area contributed by atoms with Crippen molar-refractivity contribution in [2.45, 2.75) is 13.0 Å². The first-order valence-corrected chi connectivity index (χ1v) is 14.8. The Hall–Kier alpha value is -3.62. The van der Waals surface area contributed by atoms with Crippen LogP contribution in [-0.2, 0) is 13.0 Å². The maximum atomic E-state index is 13.2. The summed E-state index contributed by atoms with van der Waals surface area (Å²) in [7, 11) is 0. The quantitative estimate of drug-likeness (QED) is 0.220. The van der Waals surface area contributed by atoms with Crippen molar-refractivity contribution in [3.63, 3.8) is 0 Å². The number of nitrogens with zero attached hydrogens (tertiary/aromatic N) is 3. The summed E-state index contributed by atoms with van der Waals surface area (Å²) in [6.45, 7) is 4.48. The van der Waals surface area contributed by atoms with Crippen LogP contribution in [0.1, 0.15) is 31.8 Å². The van der Waals surface area contributed by atoms with Crippen molar-refractivity contribution in [1.82, 2.24) is 15.2 Å². The lowest BCUT2D eigenvalue weighted by Gasteiger charge is -2.37. The van der Waals surface area contributed by atoms with Crippen molar-refractivity contribution in [2.24, 2.45) is 0 Å². The molecule has 3 aromatic carbocycles. The summed E-state index contributed by atoms with van der Waals surface area (Å²) in [5, 5.41) is 7.57. The molecule has 0 aliphatic carbocycles. The van der Waals surface area contributed by atoms with E-state index in [4.69, 9.17) is 34.8 Å². The molecule has 1 aromatic heterocycles. The summed E-state index contributed by atoms with van der Waals surface area (Å²) in [4.78, 5) is 35.1. The molecule has 0 bridgehead atoms. The number of anilines is 2. The predicted molar refractivity (Wildman–Crippen MR) is 170 cm³/mol. The van der Waals surface area contributed by atoms with Crippen LogP contribution >= 0.6 is 34.8 Å². The van der Waals surface area contributed by atoms with E-state index in [9.17, 15) is 9.59 Å². The van der Waals surface area contributed by atoms with Crippen LogP contribution in [0.4, 0.5) is 11.4 Å². The Morgan fingerprint density at radius 1 is 0.810 bits per heavy atom. The van der Waals surface area contributed by atoms with E-state index >= 15 is 0 Å². The van der Waals surface area contributed by atoms with Crippen molar-refractivity contribution < 1.29 is 9.59 Å². The van der Waals surface area contributed by atoms with Crippen LogP contribution in [0, 0.1) is 0 Å². The van der Waals surface area contributed by atoms with Gasteiger partial charge < -0.3 is 15.5 Å². The number of carbonyl (C=O) groups excluding carboxylic acids is 2. The number of nitrogens with one attached hydrogen (secondary N) is 2. The molecule has 4 aromatic rings. The number of hydrogen-bond acceptors (Lipinski definition) is 5. The zero-order valence-electron chi connectivity index (χ0n) is 22.8. The van der Waals surface area contributed by atoms with E-state index in [0.717, 1.165) is 44.0 Å². The molecule has 0 radical (unpaired) electrons. The van der Waals surface area contributed by atoms with E-state index in [1.807, 2.05) is 24.4 Å². The lowest BCUT2D eigenvalue weighted by atomic mass is 10.1. The normalized spacial score (nSPS) is 13.5. The van der Waals surface area contributed by atoms with Crippen molar-refractivity contribution in [3.05, 3.63) is 123 Å². The number of pyridine rings is 1. The predicted octanol–water partition coefficient (Wildman–Crippen LogP) is 6.59. The molecular formula is C32H30Cl3N5O2. The third kappa shape index (κ3) is 7.81. The molecule has 2 amide bonds. The number of piperazine rings is 1. The van der Waals surface area contributed by atoms with Gasteiger partial charge in [-0.2, -0.15) is 0 Å². The molecule has 1 saturated heterocycles.